The normalized spacial score (nSPS) is 16.7. The molecule has 0 aromatic heterocycles. The Hall–Kier alpha value is -1.80. The molecule has 1 aliphatic heterocycles. The molecule has 0 radical (unpaired) electrons. The first-order chi connectivity index (χ1) is 14.3. The zero-order chi connectivity index (χ0) is 22.2. The molecule has 2 rings (SSSR count). The van der Waals surface area contributed by atoms with E-state index in [1.54, 1.807) is 17.9 Å². The van der Waals surface area contributed by atoms with E-state index in [0.717, 1.165) is 32.1 Å². The van der Waals surface area contributed by atoms with Crippen molar-refractivity contribution in [2.24, 2.45) is 0 Å². The van der Waals surface area contributed by atoms with Gasteiger partial charge in [0.15, 0.2) is 0 Å². The Kier molecular flexibility index (Phi) is 8.97. The molecule has 0 atom stereocenters. The first-order valence-corrected chi connectivity index (χ1v) is 10.7. The van der Waals surface area contributed by atoms with Crippen molar-refractivity contribution in [3.05, 3.63) is 35.4 Å². The molecule has 0 bridgehead atoms. The maximum atomic E-state index is 13.3. The minimum atomic E-state index is -4.41. The second-order valence-electron chi connectivity index (χ2n) is 7.49. The van der Waals surface area contributed by atoms with Gasteiger partial charge >= 0.3 is 12.3 Å². The van der Waals surface area contributed by atoms with Gasteiger partial charge in [0.1, 0.15) is 0 Å². The fourth-order valence-corrected chi connectivity index (χ4v) is 3.86. The van der Waals surface area contributed by atoms with Gasteiger partial charge in [-0.2, -0.15) is 13.2 Å². The summed E-state index contributed by atoms with van der Waals surface area (Å²) in [7, 11) is 0. The van der Waals surface area contributed by atoms with E-state index >= 15 is 0 Å². The summed E-state index contributed by atoms with van der Waals surface area (Å²) >= 11 is 0. The number of hydrogen-bond donors (Lipinski definition) is 0. The van der Waals surface area contributed by atoms with E-state index in [1.807, 2.05) is 0 Å². The number of alkyl halides is 3. The van der Waals surface area contributed by atoms with Crippen LogP contribution in [0.4, 0.5) is 18.0 Å². The van der Waals surface area contributed by atoms with Gasteiger partial charge in [0.25, 0.3) is 0 Å². The summed E-state index contributed by atoms with van der Waals surface area (Å²) in [5.74, 6) is 0. The van der Waals surface area contributed by atoms with Crippen LogP contribution in [0.1, 0.15) is 51.2 Å². The van der Waals surface area contributed by atoms with Crippen molar-refractivity contribution in [3.8, 4) is 0 Å². The average Bonchev–Trinajstić information content (AvgIpc) is 2.74. The number of amides is 1. The lowest BCUT2D eigenvalue weighted by molar-refractivity contribution is -0.138. The number of likely N-dealkylation sites (tertiary alicyclic amines) is 1. The lowest BCUT2D eigenvalue weighted by Gasteiger charge is -2.42. The Morgan fingerprint density at radius 3 is 2.40 bits per heavy atom. The summed E-state index contributed by atoms with van der Waals surface area (Å²) in [4.78, 5) is 15.9. The third kappa shape index (κ3) is 6.35. The van der Waals surface area contributed by atoms with E-state index in [2.05, 4.69) is 18.7 Å². The van der Waals surface area contributed by atoms with Crippen molar-refractivity contribution in [1.29, 1.82) is 0 Å². The van der Waals surface area contributed by atoms with Gasteiger partial charge in [-0.1, -0.05) is 26.0 Å². The average molecular weight is 431 g/mol. The molecule has 1 fully saturated rings. The van der Waals surface area contributed by atoms with Gasteiger partial charge in [-0.15, -0.1) is 0 Å². The number of rotatable bonds is 9. The van der Waals surface area contributed by atoms with Crippen LogP contribution >= 0.6 is 0 Å². The molecule has 30 heavy (non-hydrogen) atoms. The summed E-state index contributed by atoms with van der Waals surface area (Å²) < 4.78 is 51.1. The molecule has 1 heterocycles. The lowest BCUT2D eigenvalue weighted by atomic mass is 9.83. The SMILES string of the molecule is CCOC(=O)N1CCC(OCCCN(CC)CC)(c2cccc(C(F)(F)F)c2)CC1. The lowest BCUT2D eigenvalue weighted by Crippen LogP contribution is -2.47. The highest BCUT2D eigenvalue weighted by molar-refractivity contribution is 5.67. The van der Waals surface area contributed by atoms with E-state index < -0.39 is 23.4 Å². The van der Waals surface area contributed by atoms with Crippen LogP contribution in [0.15, 0.2) is 24.3 Å². The van der Waals surface area contributed by atoms with Gasteiger partial charge in [0, 0.05) is 26.2 Å². The number of carbonyl (C=O) groups is 1. The van der Waals surface area contributed by atoms with Crippen molar-refractivity contribution < 1.29 is 27.4 Å². The Balaban J connectivity index is 2.16. The molecule has 1 aliphatic rings. The summed E-state index contributed by atoms with van der Waals surface area (Å²) in [6, 6.07) is 5.38. The number of nitrogens with zero attached hydrogens (tertiary/aromatic N) is 2. The quantitative estimate of drug-likeness (QED) is 0.523. The topological polar surface area (TPSA) is 42.0 Å². The smallest absolute Gasteiger partial charge is 0.416 e. The standard InChI is InChI=1S/C22H33F3N2O3/c1-4-26(5-2)13-8-16-30-21(11-14-27(15-12-21)20(28)29-6-3)18-9-7-10-19(17-18)22(23,24)25/h7,9-10,17H,4-6,8,11-16H2,1-3H3. The predicted molar refractivity (Wildman–Crippen MR) is 109 cm³/mol. The zero-order valence-corrected chi connectivity index (χ0v) is 18.1. The zero-order valence-electron chi connectivity index (χ0n) is 18.1. The minimum Gasteiger partial charge on any atom is -0.450 e. The van der Waals surface area contributed by atoms with Crippen molar-refractivity contribution in [2.75, 3.05) is 45.9 Å². The van der Waals surface area contributed by atoms with E-state index in [0.29, 0.717) is 38.1 Å². The second-order valence-corrected chi connectivity index (χ2v) is 7.49. The number of hydrogen-bond acceptors (Lipinski definition) is 4. The van der Waals surface area contributed by atoms with Gasteiger partial charge in [0.05, 0.1) is 17.8 Å². The Morgan fingerprint density at radius 1 is 1.17 bits per heavy atom. The van der Waals surface area contributed by atoms with Crippen LogP contribution in [-0.4, -0.2) is 61.8 Å². The summed E-state index contributed by atoms with van der Waals surface area (Å²) in [5.41, 5.74) is -1.00. The van der Waals surface area contributed by atoms with Crippen molar-refractivity contribution in [2.45, 2.75) is 51.8 Å². The second kappa shape index (κ2) is 11.0. The van der Waals surface area contributed by atoms with E-state index in [-0.39, 0.29) is 6.61 Å². The largest absolute Gasteiger partial charge is 0.450 e. The predicted octanol–water partition coefficient (Wildman–Crippen LogP) is 4.90. The van der Waals surface area contributed by atoms with Crippen LogP contribution in [0.3, 0.4) is 0 Å². The molecular weight excluding hydrogens is 397 g/mol. The van der Waals surface area contributed by atoms with Crippen LogP contribution in [0.25, 0.3) is 0 Å². The highest BCUT2D eigenvalue weighted by Crippen LogP contribution is 2.39. The molecule has 1 amide bonds. The maximum absolute atomic E-state index is 13.3. The monoisotopic (exact) mass is 430 g/mol. The number of benzene rings is 1. The molecule has 1 aromatic rings. The fraction of sp³-hybridized carbons (Fsp3) is 0.682. The molecule has 0 spiro atoms. The first-order valence-electron chi connectivity index (χ1n) is 10.7. The molecule has 170 valence electrons. The number of halogens is 3. The number of piperidine rings is 1. The van der Waals surface area contributed by atoms with Crippen molar-refractivity contribution in [1.82, 2.24) is 9.80 Å². The molecular formula is C22H33F3N2O3. The van der Waals surface area contributed by atoms with E-state index in [1.165, 1.54) is 12.1 Å². The van der Waals surface area contributed by atoms with Crippen molar-refractivity contribution in [3.63, 3.8) is 0 Å². The molecule has 1 saturated heterocycles. The van der Waals surface area contributed by atoms with Crippen molar-refractivity contribution >= 4 is 6.09 Å². The van der Waals surface area contributed by atoms with Gasteiger partial charge in [0.2, 0.25) is 0 Å². The first kappa shape index (κ1) is 24.5. The Labute approximate surface area is 177 Å². The summed E-state index contributed by atoms with van der Waals surface area (Å²) in [5, 5.41) is 0. The minimum absolute atomic E-state index is 0.288. The third-order valence-corrected chi connectivity index (χ3v) is 5.70. The van der Waals surface area contributed by atoms with E-state index in [9.17, 15) is 18.0 Å². The Morgan fingerprint density at radius 2 is 1.83 bits per heavy atom. The van der Waals surface area contributed by atoms with E-state index in [4.69, 9.17) is 9.47 Å². The highest BCUT2D eigenvalue weighted by atomic mass is 19.4. The molecule has 0 N–H and O–H groups in total. The molecule has 0 saturated carbocycles. The maximum Gasteiger partial charge on any atom is 0.416 e. The highest BCUT2D eigenvalue weighted by Gasteiger charge is 2.40. The molecule has 0 unspecified atom stereocenters. The fourth-order valence-electron chi connectivity index (χ4n) is 3.86. The molecule has 8 heteroatoms. The van der Waals surface area contributed by atoms with Crippen LogP contribution in [0, 0.1) is 0 Å². The van der Waals surface area contributed by atoms with Crippen LogP contribution in [0.2, 0.25) is 0 Å². The van der Waals surface area contributed by atoms with Crippen LogP contribution in [0.5, 0.6) is 0 Å². The molecule has 0 aliphatic carbocycles. The number of ether oxygens (including phenoxy) is 2. The van der Waals surface area contributed by atoms with Gasteiger partial charge in [-0.05, 0) is 57.0 Å². The van der Waals surface area contributed by atoms with Crippen LogP contribution < -0.4 is 0 Å². The molecule has 5 nitrogen and oxygen atoms in total. The van der Waals surface area contributed by atoms with Gasteiger partial charge < -0.3 is 19.3 Å². The van der Waals surface area contributed by atoms with Crippen LogP contribution in [-0.2, 0) is 21.3 Å². The number of carbonyl (C=O) groups excluding carboxylic acids is 1. The van der Waals surface area contributed by atoms with Gasteiger partial charge in [-0.3, -0.25) is 0 Å². The third-order valence-electron chi connectivity index (χ3n) is 5.70. The summed E-state index contributed by atoms with van der Waals surface area (Å²) in [6.07, 6.45) is -3.15. The van der Waals surface area contributed by atoms with Gasteiger partial charge in [-0.25, -0.2) is 4.79 Å². The Bertz CT molecular complexity index is 670. The summed E-state index contributed by atoms with van der Waals surface area (Å²) in [6.45, 7) is 10.2. The molecule has 1 aromatic carbocycles.